The maximum Gasteiger partial charge on any atom is 0.324 e. The average Bonchev–Trinajstić information content (AvgIpc) is 2.81. The Labute approximate surface area is 129 Å². The van der Waals surface area contributed by atoms with Gasteiger partial charge in [0.25, 0.3) is 0 Å². The highest BCUT2D eigenvalue weighted by Gasteiger charge is 2.46. The van der Waals surface area contributed by atoms with Crippen LogP contribution in [0.2, 0.25) is 0 Å². The van der Waals surface area contributed by atoms with Crippen molar-refractivity contribution in [2.24, 2.45) is 0 Å². The fourth-order valence-corrected chi connectivity index (χ4v) is 3.21. The summed E-state index contributed by atoms with van der Waals surface area (Å²) >= 11 is 0. The Morgan fingerprint density at radius 1 is 1.29 bits per heavy atom. The molecule has 0 spiro atoms. The van der Waals surface area contributed by atoms with Crippen molar-refractivity contribution in [3.8, 4) is 0 Å². The van der Waals surface area contributed by atoms with Crippen molar-refractivity contribution < 1.29 is 14.6 Å². The molecule has 0 radical (unpaired) electrons. The minimum absolute atomic E-state index is 0.1000. The minimum atomic E-state index is -0.778. The third-order valence-electron chi connectivity index (χ3n) is 4.30. The smallest absolute Gasteiger partial charge is 0.324 e. The van der Waals surface area contributed by atoms with Crippen LogP contribution in [0.25, 0.3) is 0 Å². The molecule has 0 heterocycles. The van der Waals surface area contributed by atoms with E-state index in [-0.39, 0.29) is 12.1 Å². The molecule has 4 heteroatoms. The second kappa shape index (κ2) is 9.42. The number of carboxylic acids is 1. The number of hydrogen-bond donors (Lipinski definition) is 2. The van der Waals surface area contributed by atoms with Gasteiger partial charge in [-0.1, -0.05) is 39.0 Å². The summed E-state index contributed by atoms with van der Waals surface area (Å²) in [5, 5.41) is 12.7. The van der Waals surface area contributed by atoms with Crippen LogP contribution in [0.3, 0.4) is 0 Å². The molecule has 1 rings (SSSR count). The lowest BCUT2D eigenvalue weighted by atomic mass is 9.96. The van der Waals surface area contributed by atoms with Gasteiger partial charge in [0.1, 0.15) is 5.54 Å². The zero-order valence-corrected chi connectivity index (χ0v) is 14.0. The zero-order chi connectivity index (χ0) is 15.7. The fraction of sp³-hybridized carbons (Fsp3) is 0.941. The number of aliphatic carboxylic acids is 1. The number of unbranched alkanes of at least 4 members (excludes halogenated alkanes) is 5. The van der Waals surface area contributed by atoms with E-state index in [1.807, 2.05) is 13.8 Å². The van der Waals surface area contributed by atoms with Crippen LogP contribution in [0.1, 0.15) is 78.6 Å². The van der Waals surface area contributed by atoms with Crippen LogP contribution in [-0.4, -0.2) is 35.4 Å². The van der Waals surface area contributed by atoms with Crippen LogP contribution in [0.5, 0.6) is 0 Å². The molecule has 2 unspecified atom stereocenters. The fourth-order valence-electron chi connectivity index (χ4n) is 3.21. The Hall–Kier alpha value is -0.610. The van der Waals surface area contributed by atoms with E-state index in [0.29, 0.717) is 12.8 Å². The van der Waals surface area contributed by atoms with E-state index < -0.39 is 11.5 Å². The molecule has 2 N–H and O–H groups in total. The molecule has 1 aliphatic carbocycles. The lowest BCUT2D eigenvalue weighted by Crippen LogP contribution is -2.53. The van der Waals surface area contributed by atoms with Crippen molar-refractivity contribution in [3.63, 3.8) is 0 Å². The molecule has 2 atom stereocenters. The number of carbonyl (C=O) groups is 1. The van der Waals surface area contributed by atoms with Gasteiger partial charge in [0, 0.05) is 19.1 Å². The summed E-state index contributed by atoms with van der Waals surface area (Å²) in [5.74, 6) is -0.734. The van der Waals surface area contributed by atoms with Gasteiger partial charge in [-0.25, -0.2) is 0 Å². The normalized spacial score (nSPS) is 25.6. The Morgan fingerprint density at radius 2 is 1.95 bits per heavy atom. The van der Waals surface area contributed by atoms with Gasteiger partial charge in [-0.2, -0.15) is 0 Å². The Balaban J connectivity index is 2.22. The summed E-state index contributed by atoms with van der Waals surface area (Å²) < 4.78 is 5.89. The molecule has 124 valence electrons. The van der Waals surface area contributed by atoms with Crippen molar-refractivity contribution >= 4 is 5.97 Å². The van der Waals surface area contributed by atoms with E-state index >= 15 is 0 Å². The summed E-state index contributed by atoms with van der Waals surface area (Å²) in [6.07, 6.45) is 9.74. The third-order valence-corrected chi connectivity index (χ3v) is 4.30. The molecule has 0 aromatic heterocycles. The van der Waals surface area contributed by atoms with Crippen LogP contribution >= 0.6 is 0 Å². The number of nitrogens with one attached hydrogen (secondary N) is 1. The third kappa shape index (κ3) is 6.35. The van der Waals surface area contributed by atoms with Gasteiger partial charge in [0.2, 0.25) is 0 Å². The molecule has 1 saturated carbocycles. The van der Waals surface area contributed by atoms with E-state index in [1.54, 1.807) is 0 Å². The molecular formula is C17H33NO3. The van der Waals surface area contributed by atoms with E-state index in [1.165, 1.54) is 32.1 Å². The van der Waals surface area contributed by atoms with Gasteiger partial charge in [-0.05, 0) is 33.1 Å². The molecular weight excluding hydrogens is 266 g/mol. The van der Waals surface area contributed by atoms with Crippen LogP contribution in [0.15, 0.2) is 0 Å². The molecule has 0 bridgehead atoms. The first-order valence-corrected chi connectivity index (χ1v) is 8.63. The summed E-state index contributed by atoms with van der Waals surface area (Å²) in [5.41, 5.74) is -0.778. The predicted molar refractivity (Wildman–Crippen MR) is 85.6 cm³/mol. The Morgan fingerprint density at radius 3 is 2.57 bits per heavy atom. The van der Waals surface area contributed by atoms with E-state index in [0.717, 1.165) is 19.4 Å². The number of ether oxygens (including phenoxy) is 1. The van der Waals surface area contributed by atoms with Crippen LogP contribution in [0, 0.1) is 0 Å². The SMILES string of the molecule is CCCCCCCCOC1CCC(NC(C)C)(C(=O)O)C1. The second-order valence-electron chi connectivity index (χ2n) is 6.69. The average molecular weight is 299 g/mol. The first kappa shape index (κ1) is 18.4. The van der Waals surface area contributed by atoms with Crippen molar-refractivity contribution in [3.05, 3.63) is 0 Å². The van der Waals surface area contributed by atoms with Gasteiger partial charge in [-0.15, -0.1) is 0 Å². The van der Waals surface area contributed by atoms with Crippen molar-refractivity contribution in [2.45, 2.75) is 96.2 Å². The van der Waals surface area contributed by atoms with Crippen LogP contribution in [-0.2, 0) is 9.53 Å². The number of hydrogen-bond acceptors (Lipinski definition) is 3. The van der Waals surface area contributed by atoms with E-state index in [4.69, 9.17) is 4.74 Å². The molecule has 1 fully saturated rings. The molecule has 0 aliphatic heterocycles. The molecule has 0 aromatic rings. The topological polar surface area (TPSA) is 58.6 Å². The van der Waals surface area contributed by atoms with Crippen LogP contribution in [0.4, 0.5) is 0 Å². The van der Waals surface area contributed by atoms with E-state index in [2.05, 4.69) is 12.2 Å². The highest BCUT2D eigenvalue weighted by Crippen LogP contribution is 2.33. The number of carboxylic acid groups (broad SMARTS) is 1. The van der Waals surface area contributed by atoms with Gasteiger partial charge < -0.3 is 9.84 Å². The standard InChI is InChI=1S/C17H33NO3/c1-4-5-6-7-8-9-12-21-15-10-11-17(13-15,16(19)20)18-14(2)3/h14-15,18H,4-13H2,1-3H3,(H,19,20). The van der Waals surface area contributed by atoms with Crippen LogP contribution < -0.4 is 5.32 Å². The van der Waals surface area contributed by atoms with Crippen molar-refractivity contribution in [1.82, 2.24) is 5.32 Å². The largest absolute Gasteiger partial charge is 0.480 e. The maximum atomic E-state index is 11.6. The Bertz CT molecular complexity index is 306. The summed E-state index contributed by atoms with van der Waals surface area (Å²) in [4.78, 5) is 11.6. The molecule has 0 aromatic carbocycles. The summed E-state index contributed by atoms with van der Waals surface area (Å²) in [6, 6.07) is 0.179. The predicted octanol–water partition coefficient (Wildman–Crippen LogP) is 3.74. The molecule has 4 nitrogen and oxygen atoms in total. The lowest BCUT2D eigenvalue weighted by molar-refractivity contribution is -0.145. The number of rotatable bonds is 11. The lowest BCUT2D eigenvalue weighted by Gasteiger charge is -2.28. The molecule has 21 heavy (non-hydrogen) atoms. The quantitative estimate of drug-likeness (QED) is 0.571. The first-order chi connectivity index (χ1) is 10.00. The highest BCUT2D eigenvalue weighted by molar-refractivity contribution is 5.79. The zero-order valence-electron chi connectivity index (χ0n) is 14.0. The summed E-state index contributed by atoms with van der Waals surface area (Å²) in [7, 11) is 0. The van der Waals surface area contributed by atoms with Crippen molar-refractivity contribution in [1.29, 1.82) is 0 Å². The first-order valence-electron chi connectivity index (χ1n) is 8.63. The van der Waals surface area contributed by atoms with E-state index in [9.17, 15) is 9.90 Å². The van der Waals surface area contributed by atoms with Crippen molar-refractivity contribution in [2.75, 3.05) is 6.61 Å². The van der Waals surface area contributed by atoms with Gasteiger partial charge in [0.05, 0.1) is 6.10 Å². The van der Waals surface area contributed by atoms with Gasteiger partial charge in [0.15, 0.2) is 0 Å². The Kier molecular flexibility index (Phi) is 8.27. The van der Waals surface area contributed by atoms with Gasteiger partial charge >= 0.3 is 5.97 Å². The maximum absolute atomic E-state index is 11.6. The highest BCUT2D eigenvalue weighted by atomic mass is 16.5. The minimum Gasteiger partial charge on any atom is -0.480 e. The molecule has 0 saturated heterocycles. The monoisotopic (exact) mass is 299 g/mol. The van der Waals surface area contributed by atoms with Gasteiger partial charge in [-0.3, -0.25) is 10.1 Å². The molecule has 0 amide bonds. The second-order valence-corrected chi connectivity index (χ2v) is 6.69. The molecule has 1 aliphatic rings. The summed E-state index contributed by atoms with van der Waals surface area (Å²) in [6.45, 7) is 6.99.